The van der Waals surface area contributed by atoms with Gasteiger partial charge < -0.3 is 4.74 Å². The second-order valence-electron chi connectivity index (χ2n) is 7.98. The summed E-state index contributed by atoms with van der Waals surface area (Å²) in [5, 5.41) is 0.724. The van der Waals surface area contributed by atoms with E-state index in [0.717, 1.165) is 27.7 Å². The molecule has 2 heterocycles. The Bertz CT molecular complexity index is 1330. The first kappa shape index (κ1) is 24.9. The van der Waals surface area contributed by atoms with Crippen LogP contribution in [0.5, 0.6) is 5.88 Å². The number of ether oxygens (including phenoxy) is 1. The van der Waals surface area contributed by atoms with Crippen LogP contribution in [0.3, 0.4) is 0 Å². The minimum Gasteiger partial charge on any atom is -0.473 e. The molecule has 0 fully saturated rings. The van der Waals surface area contributed by atoms with Gasteiger partial charge in [0, 0.05) is 40.5 Å². The van der Waals surface area contributed by atoms with Gasteiger partial charge in [-0.05, 0) is 49.2 Å². The number of nitrogens with one attached hydrogen (secondary N) is 2. The van der Waals surface area contributed by atoms with Crippen molar-refractivity contribution in [2.75, 3.05) is 0 Å². The number of benzene rings is 2. The number of amides is 2. The maximum absolute atomic E-state index is 12.5. The summed E-state index contributed by atoms with van der Waals surface area (Å²) in [5.74, 6) is 0.0993. The van der Waals surface area contributed by atoms with E-state index < -0.39 is 11.8 Å². The molecule has 0 saturated carbocycles. The molecule has 182 valence electrons. The van der Waals surface area contributed by atoms with Crippen LogP contribution in [0.15, 0.2) is 84.1 Å². The van der Waals surface area contributed by atoms with Crippen LogP contribution in [0.4, 0.5) is 0 Å². The number of aryl methyl sites for hydroxylation is 2. The molecule has 0 unspecified atom stereocenters. The van der Waals surface area contributed by atoms with E-state index in [9.17, 15) is 9.59 Å². The molecule has 0 aliphatic carbocycles. The van der Waals surface area contributed by atoms with Crippen molar-refractivity contribution in [2.24, 2.45) is 0 Å². The average molecular weight is 500 g/mol. The highest BCUT2D eigenvalue weighted by Gasteiger charge is 2.11. The number of carbonyl (C=O) groups excluding carboxylic acids is 2. The highest BCUT2D eigenvalue weighted by Crippen LogP contribution is 2.20. The number of pyridine rings is 1. The Balaban J connectivity index is 1.27. The molecule has 4 rings (SSSR count). The quantitative estimate of drug-likeness (QED) is 0.210. The lowest BCUT2D eigenvalue weighted by Gasteiger charge is -2.09. The molecule has 2 amide bonds. The first-order chi connectivity index (χ1) is 17.5. The van der Waals surface area contributed by atoms with Gasteiger partial charge in [0.1, 0.15) is 6.61 Å². The van der Waals surface area contributed by atoms with Gasteiger partial charge in [0.05, 0.1) is 0 Å². The van der Waals surface area contributed by atoms with E-state index in [2.05, 4.69) is 25.8 Å². The van der Waals surface area contributed by atoms with E-state index in [4.69, 9.17) is 4.74 Å². The lowest BCUT2D eigenvalue weighted by Crippen LogP contribution is -2.41. The fraction of sp³-hybridized carbons (Fsp3) is 0.148. The minimum atomic E-state index is -0.475. The van der Waals surface area contributed by atoms with Gasteiger partial charge in [-0.15, -0.1) is 0 Å². The van der Waals surface area contributed by atoms with Crippen LogP contribution in [-0.4, -0.2) is 26.8 Å². The Morgan fingerprint density at radius 1 is 0.806 bits per heavy atom. The Morgan fingerprint density at radius 3 is 2.17 bits per heavy atom. The predicted molar refractivity (Wildman–Crippen MR) is 137 cm³/mol. The highest BCUT2D eigenvalue weighted by atomic mass is 32.2. The zero-order valence-electron chi connectivity index (χ0n) is 19.9. The van der Waals surface area contributed by atoms with Crippen molar-refractivity contribution in [2.45, 2.75) is 31.4 Å². The maximum Gasteiger partial charge on any atom is 0.269 e. The van der Waals surface area contributed by atoms with E-state index in [1.54, 1.807) is 18.2 Å². The van der Waals surface area contributed by atoms with Crippen LogP contribution in [-0.2, 0) is 12.4 Å². The summed E-state index contributed by atoms with van der Waals surface area (Å²) in [6.45, 7) is 4.22. The molecule has 0 atom stereocenters. The Hall–Kier alpha value is -4.24. The molecule has 0 bridgehead atoms. The van der Waals surface area contributed by atoms with Crippen molar-refractivity contribution in [1.82, 2.24) is 25.8 Å². The molecular formula is C27H25N5O3S. The first-order valence-electron chi connectivity index (χ1n) is 11.2. The number of hydrazine groups is 1. The smallest absolute Gasteiger partial charge is 0.269 e. The van der Waals surface area contributed by atoms with Gasteiger partial charge in [-0.3, -0.25) is 20.4 Å². The second-order valence-corrected chi connectivity index (χ2v) is 8.93. The van der Waals surface area contributed by atoms with Gasteiger partial charge in [-0.1, -0.05) is 54.2 Å². The molecule has 9 heteroatoms. The number of aromatic nitrogens is 3. The summed E-state index contributed by atoms with van der Waals surface area (Å²) >= 11 is 1.54. The van der Waals surface area contributed by atoms with Crippen molar-refractivity contribution in [3.63, 3.8) is 0 Å². The maximum atomic E-state index is 12.5. The lowest BCUT2D eigenvalue weighted by molar-refractivity contribution is 0.0846. The minimum absolute atomic E-state index is 0.314. The first-order valence-corrected chi connectivity index (χ1v) is 12.2. The molecule has 2 aromatic carbocycles. The van der Waals surface area contributed by atoms with E-state index in [0.29, 0.717) is 29.4 Å². The molecule has 2 aromatic heterocycles. The van der Waals surface area contributed by atoms with Gasteiger partial charge in [-0.25, -0.2) is 15.0 Å². The third kappa shape index (κ3) is 7.13. The lowest BCUT2D eigenvalue weighted by atomic mass is 10.1. The molecule has 8 nitrogen and oxygen atoms in total. The van der Waals surface area contributed by atoms with E-state index >= 15 is 0 Å². The molecule has 0 saturated heterocycles. The fourth-order valence-corrected chi connectivity index (χ4v) is 4.18. The predicted octanol–water partition coefficient (Wildman–Crippen LogP) is 4.43. The topological polar surface area (TPSA) is 106 Å². The van der Waals surface area contributed by atoms with Crippen LogP contribution >= 0.6 is 11.8 Å². The van der Waals surface area contributed by atoms with Crippen LogP contribution in [0, 0.1) is 13.8 Å². The van der Waals surface area contributed by atoms with Crippen LogP contribution in [0.25, 0.3) is 0 Å². The summed E-state index contributed by atoms with van der Waals surface area (Å²) in [4.78, 5) is 38.0. The van der Waals surface area contributed by atoms with E-state index in [1.807, 2.05) is 62.4 Å². The van der Waals surface area contributed by atoms with Crippen molar-refractivity contribution >= 4 is 23.6 Å². The summed E-state index contributed by atoms with van der Waals surface area (Å²) in [5.41, 5.74) is 9.49. The van der Waals surface area contributed by atoms with Gasteiger partial charge in [0.25, 0.3) is 11.8 Å². The van der Waals surface area contributed by atoms with Gasteiger partial charge in [-0.2, -0.15) is 0 Å². The number of rotatable bonds is 8. The van der Waals surface area contributed by atoms with Crippen LogP contribution in [0.2, 0.25) is 0 Å². The van der Waals surface area contributed by atoms with Crippen LogP contribution in [0.1, 0.15) is 43.2 Å². The summed E-state index contributed by atoms with van der Waals surface area (Å²) < 4.78 is 5.66. The molecule has 4 aromatic rings. The van der Waals surface area contributed by atoms with Crippen molar-refractivity contribution in [3.05, 3.63) is 113 Å². The molecule has 0 aliphatic rings. The average Bonchev–Trinajstić information content (AvgIpc) is 2.90. The summed E-state index contributed by atoms with van der Waals surface area (Å²) in [6.07, 6.45) is 1.48. The molecule has 0 aliphatic heterocycles. The van der Waals surface area contributed by atoms with Gasteiger partial charge >= 0.3 is 0 Å². The SMILES string of the molecule is Cc1cc(C)nc(SCc2ccc(C(=O)NNC(=O)c3ccnc(OCc4ccccc4)c3)cc2)n1. The second kappa shape index (κ2) is 11.9. The van der Waals surface area contributed by atoms with Gasteiger partial charge in [0.15, 0.2) is 5.16 Å². The third-order valence-corrected chi connectivity index (χ3v) is 5.98. The molecule has 2 N–H and O–H groups in total. The summed E-state index contributed by atoms with van der Waals surface area (Å²) in [7, 11) is 0. The molecule has 0 spiro atoms. The Morgan fingerprint density at radius 2 is 1.47 bits per heavy atom. The number of carbonyl (C=O) groups is 2. The largest absolute Gasteiger partial charge is 0.473 e. The zero-order valence-corrected chi connectivity index (χ0v) is 20.7. The molecular weight excluding hydrogens is 474 g/mol. The summed E-state index contributed by atoms with van der Waals surface area (Å²) in [6, 6.07) is 21.8. The molecule has 0 radical (unpaired) electrons. The van der Waals surface area contributed by atoms with E-state index in [-0.39, 0.29) is 0 Å². The normalized spacial score (nSPS) is 10.5. The van der Waals surface area contributed by atoms with Crippen LogP contribution < -0.4 is 15.6 Å². The van der Waals surface area contributed by atoms with Crippen molar-refractivity contribution < 1.29 is 14.3 Å². The van der Waals surface area contributed by atoms with Gasteiger partial charge in [0.2, 0.25) is 5.88 Å². The Kier molecular flexibility index (Phi) is 8.25. The number of hydrogen-bond acceptors (Lipinski definition) is 7. The van der Waals surface area contributed by atoms with Crippen molar-refractivity contribution in [3.8, 4) is 5.88 Å². The number of thioether (sulfide) groups is 1. The highest BCUT2D eigenvalue weighted by molar-refractivity contribution is 7.98. The monoisotopic (exact) mass is 499 g/mol. The number of hydrogen-bond donors (Lipinski definition) is 2. The number of nitrogens with zero attached hydrogens (tertiary/aromatic N) is 3. The van der Waals surface area contributed by atoms with Crippen molar-refractivity contribution in [1.29, 1.82) is 0 Å². The Labute approximate surface area is 213 Å². The fourth-order valence-electron chi connectivity index (χ4n) is 3.28. The van der Waals surface area contributed by atoms with E-state index in [1.165, 1.54) is 24.0 Å². The standard InChI is InChI=1S/C27H25N5O3S/c1-18-14-19(2)30-27(29-18)36-17-21-8-10-22(11-9-21)25(33)31-32-26(34)23-12-13-28-24(15-23)35-16-20-6-4-3-5-7-20/h3-15H,16-17H2,1-2H3,(H,31,33)(H,32,34). The third-order valence-electron chi connectivity index (χ3n) is 5.06. The molecule has 36 heavy (non-hydrogen) atoms. The zero-order chi connectivity index (χ0) is 25.3.